The Hall–Kier alpha value is -2.33. The highest BCUT2D eigenvalue weighted by atomic mass is 16.6. The molecule has 0 amide bonds. The first-order chi connectivity index (χ1) is 11.7. The summed E-state index contributed by atoms with van der Waals surface area (Å²) in [7, 11) is 0. The Morgan fingerprint density at radius 3 is 1.72 bits per heavy atom. The molecule has 25 heavy (non-hydrogen) atoms. The van der Waals surface area contributed by atoms with Crippen molar-refractivity contribution in [2.75, 3.05) is 6.61 Å². The van der Waals surface area contributed by atoms with Crippen LogP contribution in [0, 0.1) is 0 Å². The lowest BCUT2D eigenvalue weighted by molar-refractivity contribution is -0.147. The number of rotatable bonds is 10. The van der Waals surface area contributed by atoms with Crippen molar-refractivity contribution in [1.82, 2.24) is 0 Å². The second-order valence-electron chi connectivity index (χ2n) is 5.36. The first kappa shape index (κ1) is 22.7. The van der Waals surface area contributed by atoms with E-state index in [2.05, 4.69) is 4.74 Å². The zero-order chi connectivity index (χ0) is 19.4. The van der Waals surface area contributed by atoms with Gasteiger partial charge in [-0.2, -0.15) is 0 Å². The average molecular weight is 364 g/mol. The number of hydrogen-bond acceptors (Lipinski definition) is 8. The molecule has 1 rings (SSSR count). The summed E-state index contributed by atoms with van der Waals surface area (Å²) in [4.78, 5) is 30.7. The highest BCUT2D eigenvalue weighted by molar-refractivity contribution is 5.89. The van der Waals surface area contributed by atoms with Crippen molar-refractivity contribution in [2.24, 2.45) is 0 Å². The van der Waals surface area contributed by atoms with E-state index in [1.54, 1.807) is 0 Å². The van der Waals surface area contributed by atoms with E-state index in [-0.39, 0.29) is 12.8 Å². The summed E-state index contributed by atoms with van der Waals surface area (Å²) < 4.78 is 4.32. The minimum atomic E-state index is -1.42. The molecule has 10 nitrogen and oxygen atoms in total. The molecular formula is C15H24O10. The number of hydrogen-bond donors (Lipinski definition) is 6. The summed E-state index contributed by atoms with van der Waals surface area (Å²) in [5.74, 6) is -4.30. The normalized spacial score (nSPS) is 17.5. The molecule has 0 radical (unpaired) electrons. The predicted octanol–water partition coefficient (Wildman–Crippen LogP) is 0.479. The maximum Gasteiger partial charge on any atom is 0.377 e. The number of carboxylic acid groups (broad SMARTS) is 2. The lowest BCUT2D eigenvalue weighted by Gasteiger charge is -2.13. The molecule has 0 bridgehead atoms. The second kappa shape index (κ2) is 12.1. The number of carbonyl (C=O) groups excluding carboxylic acids is 1. The van der Waals surface area contributed by atoms with Crippen LogP contribution in [0.15, 0.2) is 11.5 Å². The fraction of sp³-hybridized carbons (Fsp3) is 0.667. The second-order valence-corrected chi connectivity index (χ2v) is 5.36. The molecule has 0 aromatic rings. The smallest absolute Gasteiger partial charge is 0.377 e. The fourth-order valence-corrected chi connectivity index (χ4v) is 1.91. The van der Waals surface area contributed by atoms with Gasteiger partial charge in [0.25, 0.3) is 0 Å². The molecule has 1 aliphatic heterocycles. The molecule has 0 fully saturated rings. The van der Waals surface area contributed by atoms with Crippen LogP contribution in [0.4, 0.5) is 0 Å². The first-order valence-electron chi connectivity index (χ1n) is 7.76. The van der Waals surface area contributed by atoms with Crippen molar-refractivity contribution in [2.45, 2.75) is 57.2 Å². The van der Waals surface area contributed by atoms with Gasteiger partial charge >= 0.3 is 17.9 Å². The molecular weight excluding hydrogens is 340 g/mol. The highest BCUT2D eigenvalue weighted by Crippen LogP contribution is 2.20. The molecule has 2 atom stereocenters. The van der Waals surface area contributed by atoms with Gasteiger partial charge in [0.1, 0.15) is 6.10 Å². The van der Waals surface area contributed by atoms with E-state index in [0.717, 1.165) is 19.3 Å². The van der Waals surface area contributed by atoms with Gasteiger partial charge in [0.2, 0.25) is 5.76 Å². The SMILES string of the molecule is O=C(O)CCCCCCCC(=O)O.O=C1O[C@H]([C@@H](O)CO)C(O)=C1O. The summed E-state index contributed by atoms with van der Waals surface area (Å²) in [6.45, 7) is -0.671. The van der Waals surface area contributed by atoms with E-state index < -0.39 is 48.2 Å². The van der Waals surface area contributed by atoms with Gasteiger partial charge in [-0.1, -0.05) is 19.3 Å². The third kappa shape index (κ3) is 9.52. The van der Waals surface area contributed by atoms with Crippen molar-refractivity contribution in [3.63, 3.8) is 0 Å². The number of esters is 1. The number of carboxylic acids is 2. The monoisotopic (exact) mass is 364 g/mol. The lowest BCUT2D eigenvalue weighted by atomic mass is 10.1. The maximum absolute atomic E-state index is 10.5. The number of carbonyl (C=O) groups is 3. The molecule has 144 valence electrons. The molecule has 1 aliphatic rings. The molecule has 0 saturated heterocycles. The molecule has 0 aromatic carbocycles. The van der Waals surface area contributed by atoms with Gasteiger partial charge in [0, 0.05) is 12.8 Å². The van der Waals surface area contributed by atoms with Crippen LogP contribution in [-0.2, 0) is 19.1 Å². The third-order valence-corrected chi connectivity index (χ3v) is 3.26. The zero-order valence-electron chi connectivity index (χ0n) is 13.6. The van der Waals surface area contributed by atoms with E-state index in [4.69, 9.17) is 30.6 Å². The quantitative estimate of drug-likeness (QED) is 0.235. The predicted molar refractivity (Wildman–Crippen MR) is 82.8 cm³/mol. The van der Waals surface area contributed by atoms with E-state index in [0.29, 0.717) is 12.8 Å². The fourth-order valence-electron chi connectivity index (χ4n) is 1.91. The lowest BCUT2D eigenvalue weighted by Crippen LogP contribution is -2.31. The summed E-state index contributed by atoms with van der Waals surface area (Å²) in [5.41, 5.74) is 0. The standard InChI is InChI=1S/C9H16O4.C6H8O6/c10-8(11)6-4-2-1-3-5-7-9(12)13;7-1-2(8)5-3(9)4(10)6(11)12-5/h1-7H2,(H,10,11)(H,12,13);2,5,7-10H,1H2/t;2-,5+/m.0/s1. The average Bonchev–Trinajstić information content (AvgIpc) is 2.81. The summed E-state index contributed by atoms with van der Waals surface area (Å²) >= 11 is 0. The Morgan fingerprint density at radius 1 is 0.960 bits per heavy atom. The number of aliphatic hydroxyl groups is 4. The largest absolute Gasteiger partial charge is 0.505 e. The summed E-state index contributed by atoms with van der Waals surface area (Å²) in [5, 5.41) is 51.7. The van der Waals surface area contributed by atoms with Gasteiger partial charge in [-0.15, -0.1) is 0 Å². The van der Waals surface area contributed by atoms with Crippen LogP contribution >= 0.6 is 0 Å². The van der Waals surface area contributed by atoms with Crippen LogP contribution in [-0.4, -0.2) is 67.4 Å². The number of unbranched alkanes of at least 4 members (excludes halogenated alkanes) is 4. The third-order valence-electron chi connectivity index (χ3n) is 3.26. The first-order valence-corrected chi connectivity index (χ1v) is 7.76. The van der Waals surface area contributed by atoms with Crippen LogP contribution in [0.25, 0.3) is 0 Å². The maximum atomic E-state index is 10.5. The Balaban J connectivity index is 0.000000462. The molecule has 0 saturated carbocycles. The van der Waals surface area contributed by atoms with Gasteiger partial charge < -0.3 is 35.4 Å². The minimum absolute atomic E-state index is 0.221. The van der Waals surface area contributed by atoms with E-state index >= 15 is 0 Å². The number of aliphatic hydroxyl groups excluding tert-OH is 4. The van der Waals surface area contributed by atoms with Crippen LogP contribution < -0.4 is 0 Å². The molecule has 1 heterocycles. The van der Waals surface area contributed by atoms with Gasteiger partial charge in [0.05, 0.1) is 6.61 Å². The summed E-state index contributed by atoms with van der Waals surface area (Å²) in [6, 6.07) is 0. The number of cyclic esters (lactones) is 1. The van der Waals surface area contributed by atoms with Gasteiger partial charge in [-0.05, 0) is 12.8 Å². The topological polar surface area (TPSA) is 182 Å². The van der Waals surface area contributed by atoms with Crippen molar-refractivity contribution >= 4 is 17.9 Å². The van der Waals surface area contributed by atoms with Gasteiger partial charge in [-0.3, -0.25) is 9.59 Å². The van der Waals surface area contributed by atoms with Crippen LogP contribution in [0.3, 0.4) is 0 Å². The van der Waals surface area contributed by atoms with E-state index in [1.165, 1.54) is 0 Å². The molecule has 6 N–H and O–H groups in total. The van der Waals surface area contributed by atoms with Crippen LogP contribution in [0.5, 0.6) is 0 Å². The summed E-state index contributed by atoms with van der Waals surface area (Å²) in [6.07, 6.45) is 1.75. The van der Waals surface area contributed by atoms with Crippen LogP contribution in [0.1, 0.15) is 44.9 Å². The van der Waals surface area contributed by atoms with Crippen molar-refractivity contribution in [3.8, 4) is 0 Å². The Morgan fingerprint density at radius 2 is 1.40 bits per heavy atom. The molecule has 0 unspecified atom stereocenters. The van der Waals surface area contributed by atoms with E-state index in [1.807, 2.05) is 0 Å². The minimum Gasteiger partial charge on any atom is -0.505 e. The van der Waals surface area contributed by atoms with Crippen molar-refractivity contribution in [3.05, 3.63) is 11.5 Å². The molecule has 10 heteroatoms. The number of aliphatic carboxylic acids is 2. The van der Waals surface area contributed by atoms with Crippen LogP contribution in [0.2, 0.25) is 0 Å². The molecule has 0 spiro atoms. The van der Waals surface area contributed by atoms with Gasteiger partial charge in [-0.25, -0.2) is 4.79 Å². The zero-order valence-corrected chi connectivity index (χ0v) is 13.6. The highest BCUT2D eigenvalue weighted by Gasteiger charge is 2.38. The Kier molecular flexibility index (Phi) is 11.0. The molecule has 0 aromatic heterocycles. The van der Waals surface area contributed by atoms with E-state index in [9.17, 15) is 14.4 Å². The Bertz CT molecular complexity index is 467. The molecule has 0 aliphatic carbocycles. The van der Waals surface area contributed by atoms with Crippen molar-refractivity contribution in [1.29, 1.82) is 0 Å². The van der Waals surface area contributed by atoms with Crippen molar-refractivity contribution < 1.29 is 49.8 Å². The number of ether oxygens (including phenoxy) is 1. The van der Waals surface area contributed by atoms with Gasteiger partial charge in [0.15, 0.2) is 11.9 Å². The Labute approximate surface area is 144 Å².